The highest BCUT2D eigenvalue weighted by Crippen LogP contribution is 2.45. The minimum absolute atomic E-state index is 0.227. The molecule has 0 N–H and O–H groups in total. The minimum Gasteiger partial charge on any atom is -0.207 e. The Bertz CT molecular complexity index is 313. The van der Waals surface area contributed by atoms with Gasteiger partial charge in [0.15, 0.2) is 0 Å². The zero-order valence-electron chi connectivity index (χ0n) is 7.89. The van der Waals surface area contributed by atoms with Gasteiger partial charge in [-0.1, -0.05) is 6.92 Å². The van der Waals surface area contributed by atoms with E-state index in [1.165, 1.54) is 6.92 Å². The summed E-state index contributed by atoms with van der Waals surface area (Å²) in [5.41, 5.74) is -1.12. The molecule has 0 aromatic carbocycles. The highest BCUT2D eigenvalue weighted by Gasteiger charge is 2.45. The third-order valence-electron chi connectivity index (χ3n) is 2.53. The lowest BCUT2D eigenvalue weighted by atomic mass is 9.75. The molecule has 1 atom stereocenters. The van der Waals surface area contributed by atoms with E-state index in [1.54, 1.807) is 0 Å². The van der Waals surface area contributed by atoms with Gasteiger partial charge in [0.05, 0.1) is 5.75 Å². The van der Waals surface area contributed by atoms with Crippen LogP contribution >= 0.6 is 0 Å². The van der Waals surface area contributed by atoms with Crippen LogP contribution in [-0.2, 0) is 10.2 Å². The fraction of sp³-hybridized carbons (Fsp3) is 1.00. The summed E-state index contributed by atoms with van der Waals surface area (Å²) in [5.74, 6) is -3.65. The Hall–Kier alpha value is -0.260. The van der Waals surface area contributed by atoms with E-state index in [1.807, 2.05) is 0 Å². The summed E-state index contributed by atoms with van der Waals surface area (Å²) in [7, 11) is -4.67. The van der Waals surface area contributed by atoms with Crippen molar-refractivity contribution in [2.75, 3.05) is 5.75 Å². The smallest absolute Gasteiger partial charge is 0.207 e. The Balaban J connectivity index is 2.75. The molecule has 0 bridgehead atoms. The molecule has 14 heavy (non-hydrogen) atoms. The summed E-state index contributed by atoms with van der Waals surface area (Å²) in [6.45, 7) is 1.40. The zero-order valence-corrected chi connectivity index (χ0v) is 8.71. The Morgan fingerprint density at radius 2 is 1.86 bits per heavy atom. The molecule has 2 nitrogen and oxygen atoms in total. The van der Waals surface area contributed by atoms with Gasteiger partial charge >= 0.3 is 10.2 Å². The summed E-state index contributed by atoms with van der Waals surface area (Å²) >= 11 is 0. The number of halogens is 3. The topological polar surface area (TPSA) is 34.1 Å². The average molecular weight is 230 g/mol. The molecule has 0 amide bonds. The summed E-state index contributed by atoms with van der Waals surface area (Å²) in [5, 5.41) is 0. The molecular weight excluding hydrogens is 217 g/mol. The van der Waals surface area contributed by atoms with Gasteiger partial charge in [0.1, 0.15) is 0 Å². The van der Waals surface area contributed by atoms with Gasteiger partial charge in [-0.15, -0.1) is 3.89 Å². The minimum atomic E-state index is -4.67. The lowest BCUT2D eigenvalue weighted by Gasteiger charge is -2.36. The van der Waals surface area contributed by atoms with Gasteiger partial charge in [-0.05, 0) is 18.3 Å². The summed E-state index contributed by atoms with van der Waals surface area (Å²) in [6.07, 6.45) is -0.178. The molecule has 0 radical (unpaired) electrons. The number of rotatable bonds is 2. The van der Waals surface area contributed by atoms with Crippen molar-refractivity contribution in [2.24, 2.45) is 5.41 Å². The number of hydrogen-bond acceptors (Lipinski definition) is 2. The van der Waals surface area contributed by atoms with Crippen LogP contribution in [-0.4, -0.2) is 20.1 Å². The molecule has 1 fully saturated rings. The zero-order chi connectivity index (χ0) is 11.0. The Labute approximate surface area is 81.7 Å². The maximum Gasteiger partial charge on any atom is 0.302 e. The average Bonchev–Trinajstić information content (AvgIpc) is 1.75. The van der Waals surface area contributed by atoms with Crippen molar-refractivity contribution in [1.82, 2.24) is 0 Å². The van der Waals surface area contributed by atoms with Crippen LogP contribution in [0.4, 0.5) is 12.7 Å². The van der Waals surface area contributed by atoms with Crippen LogP contribution in [0.2, 0.25) is 0 Å². The molecule has 0 aliphatic heterocycles. The molecule has 1 rings (SSSR count). The van der Waals surface area contributed by atoms with Gasteiger partial charge in [0.25, 0.3) is 0 Å². The molecule has 84 valence electrons. The van der Waals surface area contributed by atoms with Gasteiger partial charge < -0.3 is 0 Å². The second kappa shape index (κ2) is 3.40. The molecule has 1 aliphatic rings. The van der Waals surface area contributed by atoms with E-state index >= 15 is 0 Å². The van der Waals surface area contributed by atoms with Crippen molar-refractivity contribution >= 4 is 10.2 Å². The molecule has 6 heteroatoms. The standard InChI is InChI=1S/C8H13F3O2S/c1-7(6-14(11,12)13)3-2-4-8(9,10)5-7/h2-6H2,1H3. The fourth-order valence-corrected chi connectivity index (χ4v) is 3.19. The largest absolute Gasteiger partial charge is 0.302 e. The SMILES string of the molecule is CC1(CS(=O)(=O)F)CCCC(F)(F)C1. The second-order valence-corrected chi connectivity index (χ2v) is 5.75. The molecule has 0 heterocycles. The van der Waals surface area contributed by atoms with E-state index in [-0.39, 0.29) is 12.8 Å². The Kier molecular flexibility index (Phi) is 2.87. The molecule has 1 aliphatic carbocycles. The van der Waals surface area contributed by atoms with Gasteiger partial charge in [0, 0.05) is 12.8 Å². The van der Waals surface area contributed by atoms with Crippen molar-refractivity contribution in [1.29, 1.82) is 0 Å². The van der Waals surface area contributed by atoms with E-state index in [2.05, 4.69) is 0 Å². The van der Waals surface area contributed by atoms with Crippen LogP contribution in [0.5, 0.6) is 0 Å². The van der Waals surface area contributed by atoms with E-state index in [9.17, 15) is 21.1 Å². The maximum atomic E-state index is 13.0. The lowest BCUT2D eigenvalue weighted by molar-refractivity contribution is -0.0719. The van der Waals surface area contributed by atoms with E-state index < -0.39 is 33.7 Å². The van der Waals surface area contributed by atoms with E-state index in [0.29, 0.717) is 6.42 Å². The molecular formula is C8H13F3O2S. The van der Waals surface area contributed by atoms with Crippen LogP contribution < -0.4 is 0 Å². The second-order valence-electron chi connectivity index (χ2n) is 4.38. The first-order valence-electron chi connectivity index (χ1n) is 4.42. The Morgan fingerprint density at radius 3 is 2.29 bits per heavy atom. The van der Waals surface area contributed by atoms with Crippen LogP contribution in [0.1, 0.15) is 32.6 Å². The predicted molar refractivity (Wildman–Crippen MR) is 46.4 cm³/mol. The molecule has 0 aromatic rings. The number of alkyl halides is 2. The molecule has 1 unspecified atom stereocenters. The van der Waals surface area contributed by atoms with Crippen molar-refractivity contribution in [3.8, 4) is 0 Å². The van der Waals surface area contributed by atoms with Crippen molar-refractivity contribution in [2.45, 2.75) is 38.5 Å². The first kappa shape index (κ1) is 11.8. The summed E-state index contributed by atoms with van der Waals surface area (Å²) in [4.78, 5) is 0. The monoisotopic (exact) mass is 230 g/mol. The van der Waals surface area contributed by atoms with Gasteiger partial charge in [-0.3, -0.25) is 0 Å². The van der Waals surface area contributed by atoms with Crippen molar-refractivity contribution < 1.29 is 21.1 Å². The predicted octanol–water partition coefficient (Wildman–Crippen LogP) is 2.50. The summed E-state index contributed by atoms with van der Waals surface area (Å²) in [6, 6.07) is 0. The van der Waals surface area contributed by atoms with Crippen LogP contribution in [0.15, 0.2) is 0 Å². The first-order valence-corrected chi connectivity index (χ1v) is 5.97. The van der Waals surface area contributed by atoms with Crippen LogP contribution in [0, 0.1) is 5.41 Å². The van der Waals surface area contributed by atoms with Crippen LogP contribution in [0.25, 0.3) is 0 Å². The highest BCUT2D eigenvalue weighted by atomic mass is 32.3. The third-order valence-corrected chi connectivity index (χ3v) is 3.57. The van der Waals surface area contributed by atoms with Crippen LogP contribution in [0.3, 0.4) is 0 Å². The van der Waals surface area contributed by atoms with Gasteiger partial charge in [0.2, 0.25) is 5.92 Å². The molecule has 0 spiro atoms. The Morgan fingerprint density at radius 1 is 1.29 bits per heavy atom. The normalized spacial score (nSPS) is 32.9. The first-order chi connectivity index (χ1) is 6.12. The fourth-order valence-electron chi connectivity index (χ4n) is 2.11. The quantitative estimate of drug-likeness (QED) is 0.683. The maximum absolute atomic E-state index is 13.0. The van der Waals surface area contributed by atoms with E-state index in [0.717, 1.165) is 0 Å². The number of hydrogen-bond donors (Lipinski definition) is 0. The van der Waals surface area contributed by atoms with E-state index in [4.69, 9.17) is 0 Å². The third kappa shape index (κ3) is 3.48. The van der Waals surface area contributed by atoms with Crippen molar-refractivity contribution in [3.05, 3.63) is 0 Å². The lowest BCUT2D eigenvalue weighted by Crippen LogP contribution is -2.37. The molecule has 0 saturated heterocycles. The summed E-state index contributed by atoms with van der Waals surface area (Å²) < 4.78 is 59.1. The highest BCUT2D eigenvalue weighted by molar-refractivity contribution is 7.86. The molecule has 0 aromatic heterocycles. The van der Waals surface area contributed by atoms with Gasteiger partial charge in [-0.25, -0.2) is 8.78 Å². The molecule has 1 saturated carbocycles. The van der Waals surface area contributed by atoms with Crippen molar-refractivity contribution in [3.63, 3.8) is 0 Å². The van der Waals surface area contributed by atoms with Gasteiger partial charge in [-0.2, -0.15) is 8.42 Å².